The Morgan fingerprint density at radius 3 is 2.04 bits per heavy atom. The van der Waals surface area contributed by atoms with Crippen LogP contribution in [0.5, 0.6) is 0 Å². The largest absolute Gasteiger partial charge is 0.455 e. The zero-order valence-electron chi connectivity index (χ0n) is 23.9. The minimum atomic E-state index is 0.689. The second-order valence-electron chi connectivity index (χ2n) is 11.3. The molecule has 0 aliphatic rings. The van der Waals surface area contributed by atoms with Crippen LogP contribution in [0.1, 0.15) is 0 Å². The number of furan rings is 1. The highest BCUT2D eigenvalue weighted by atomic mass is 32.1. The minimum absolute atomic E-state index is 0.689. The number of aromatic nitrogens is 3. The predicted molar refractivity (Wildman–Crippen MR) is 187 cm³/mol. The molecule has 0 saturated heterocycles. The first-order chi connectivity index (χ1) is 22.3. The van der Waals surface area contributed by atoms with Crippen LogP contribution < -0.4 is 0 Å². The maximum absolute atomic E-state index is 6.77. The smallest absolute Gasteiger partial charge is 0.162 e. The van der Waals surface area contributed by atoms with Gasteiger partial charge in [-0.1, -0.05) is 115 Å². The lowest BCUT2D eigenvalue weighted by Gasteiger charge is -2.13. The Morgan fingerprint density at radius 2 is 1.22 bits per heavy atom. The van der Waals surface area contributed by atoms with E-state index in [1.165, 1.54) is 25.6 Å². The molecule has 4 nitrogen and oxygen atoms in total. The van der Waals surface area contributed by atoms with Crippen LogP contribution in [-0.2, 0) is 0 Å². The summed E-state index contributed by atoms with van der Waals surface area (Å²) in [6.07, 6.45) is 0. The summed E-state index contributed by atoms with van der Waals surface area (Å²) in [6.45, 7) is 0. The molecular formula is C40H23N3OS. The summed E-state index contributed by atoms with van der Waals surface area (Å²) in [4.78, 5) is 10.4. The first-order valence-corrected chi connectivity index (χ1v) is 15.8. The summed E-state index contributed by atoms with van der Waals surface area (Å²) in [5, 5.41) is 7.02. The lowest BCUT2D eigenvalue weighted by atomic mass is 10.0. The van der Waals surface area contributed by atoms with E-state index in [0.29, 0.717) is 5.82 Å². The van der Waals surface area contributed by atoms with Crippen molar-refractivity contribution in [3.63, 3.8) is 0 Å². The van der Waals surface area contributed by atoms with Crippen LogP contribution in [-0.4, -0.2) is 14.5 Å². The van der Waals surface area contributed by atoms with E-state index in [1.54, 1.807) is 0 Å². The molecule has 0 unspecified atom stereocenters. The van der Waals surface area contributed by atoms with Crippen LogP contribution in [0.25, 0.3) is 92.4 Å². The summed E-state index contributed by atoms with van der Waals surface area (Å²) in [6, 6.07) is 48.5. The lowest BCUT2D eigenvalue weighted by Crippen LogP contribution is -2.02. The van der Waals surface area contributed by atoms with Gasteiger partial charge < -0.3 is 4.42 Å². The molecule has 4 aromatic heterocycles. The fourth-order valence-corrected chi connectivity index (χ4v) is 8.13. The summed E-state index contributed by atoms with van der Waals surface area (Å²) in [5.74, 6) is 1.51. The molecule has 0 aliphatic heterocycles. The van der Waals surface area contributed by atoms with Gasteiger partial charge in [-0.15, -0.1) is 11.3 Å². The topological polar surface area (TPSA) is 43.9 Å². The Hall–Kier alpha value is -5.78. The van der Waals surface area contributed by atoms with Gasteiger partial charge in [-0.3, -0.25) is 4.57 Å². The van der Waals surface area contributed by atoms with Gasteiger partial charge in [-0.2, -0.15) is 0 Å². The van der Waals surface area contributed by atoms with Crippen LogP contribution in [0, 0.1) is 0 Å². The fraction of sp³-hybridized carbons (Fsp3) is 0. The summed E-state index contributed by atoms with van der Waals surface area (Å²) < 4.78 is 11.6. The van der Waals surface area contributed by atoms with Gasteiger partial charge in [0.25, 0.3) is 0 Å². The normalized spacial score (nSPS) is 12.0. The van der Waals surface area contributed by atoms with Crippen LogP contribution in [0.4, 0.5) is 0 Å². The molecule has 5 heteroatoms. The second-order valence-corrected chi connectivity index (χ2v) is 12.4. The van der Waals surface area contributed by atoms with E-state index in [9.17, 15) is 0 Å². The number of hydrogen-bond acceptors (Lipinski definition) is 4. The maximum atomic E-state index is 6.77. The van der Waals surface area contributed by atoms with Crippen LogP contribution >= 0.6 is 11.3 Å². The van der Waals surface area contributed by atoms with Crippen molar-refractivity contribution in [2.45, 2.75) is 0 Å². The fourth-order valence-electron chi connectivity index (χ4n) is 6.87. The van der Waals surface area contributed by atoms with Gasteiger partial charge in [0.1, 0.15) is 17.0 Å². The van der Waals surface area contributed by atoms with Crippen molar-refractivity contribution < 1.29 is 4.42 Å². The zero-order chi connectivity index (χ0) is 29.5. The Bertz CT molecular complexity index is 2670. The third kappa shape index (κ3) is 3.53. The van der Waals surface area contributed by atoms with Gasteiger partial charge in [0, 0.05) is 53.5 Å². The predicted octanol–water partition coefficient (Wildman–Crippen LogP) is 11.2. The van der Waals surface area contributed by atoms with E-state index in [2.05, 4.69) is 114 Å². The van der Waals surface area contributed by atoms with Crippen molar-refractivity contribution in [1.29, 1.82) is 0 Å². The summed E-state index contributed by atoms with van der Waals surface area (Å²) >= 11 is 1.83. The number of hydrogen-bond donors (Lipinski definition) is 0. The monoisotopic (exact) mass is 593 g/mol. The van der Waals surface area contributed by atoms with Crippen molar-refractivity contribution in [2.75, 3.05) is 0 Å². The molecule has 10 aromatic rings. The van der Waals surface area contributed by atoms with Gasteiger partial charge in [0.15, 0.2) is 5.82 Å². The average Bonchev–Trinajstić information content (AvgIpc) is 3.78. The van der Waals surface area contributed by atoms with Crippen molar-refractivity contribution >= 4 is 75.3 Å². The molecule has 0 fully saturated rings. The average molecular weight is 594 g/mol. The number of fused-ring (bicyclic) bond motifs is 12. The van der Waals surface area contributed by atoms with Gasteiger partial charge >= 0.3 is 0 Å². The molecule has 210 valence electrons. The molecular weight excluding hydrogens is 571 g/mol. The van der Waals surface area contributed by atoms with E-state index >= 15 is 0 Å². The van der Waals surface area contributed by atoms with E-state index in [-0.39, 0.29) is 0 Å². The first kappa shape index (κ1) is 24.6. The lowest BCUT2D eigenvalue weighted by molar-refractivity contribution is 0.673. The third-order valence-corrected chi connectivity index (χ3v) is 9.99. The Balaban J connectivity index is 1.45. The minimum Gasteiger partial charge on any atom is -0.455 e. The molecule has 4 heterocycles. The number of thiophene rings is 1. The van der Waals surface area contributed by atoms with Crippen LogP contribution in [0.3, 0.4) is 0 Å². The number of nitrogens with zero attached hydrogens (tertiary/aromatic N) is 3. The standard InChI is InChI=1S/C40H23N3OS/c1-3-13-24(14-4-1)29-23-33(42-40(41-29)25-15-5-2-6-16-25)43-30-20-10-7-17-26(30)34-37(43)35-28-19-9-12-22-32(28)45-39(35)36-27-18-8-11-21-31(27)44-38(34)36/h1-23H. The number of para-hydroxylation sites is 2. The molecule has 0 aliphatic carbocycles. The highest BCUT2D eigenvalue weighted by Gasteiger charge is 2.26. The van der Waals surface area contributed by atoms with Crippen molar-refractivity contribution in [3.05, 3.63) is 140 Å². The highest BCUT2D eigenvalue weighted by molar-refractivity contribution is 7.27. The third-order valence-electron chi connectivity index (χ3n) is 8.80. The van der Waals surface area contributed by atoms with Gasteiger partial charge in [0.05, 0.1) is 22.1 Å². The van der Waals surface area contributed by atoms with Gasteiger partial charge in [-0.25, -0.2) is 9.97 Å². The number of rotatable bonds is 3. The van der Waals surface area contributed by atoms with E-state index in [4.69, 9.17) is 14.4 Å². The molecule has 0 radical (unpaired) electrons. The summed E-state index contributed by atoms with van der Waals surface area (Å²) in [7, 11) is 0. The molecule has 0 bridgehead atoms. The summed E-state index contributed by atoms with van der Waals surface area (Å²) in [5.41, 5.74) is 6.89. The van der Waals surface area contributed by atoms with Crippen LogP contribution in [0.2, 0.25) is 0 Å². The van der Waals surface area contributed by atoms with Gasteiger partial charge in [-0.05, 0) is 18.2 Å². The quantitative estimate of drug-likeness (QED) is 0.205. The Labute approximate surface area is 261 Å². The molecule has 0 N–H and O–H groups in total. The molecule has 6 aromatic carbocycles. The number of benzene rings is 6. The Kier molecular flexibility index (Phi) is 5.12. The molecule has 0 atom stereocenters. The van der Waals surface area contributed by atoms with E-state index in [1.807, 2.05) is 41.7 Å². The molecule has 0 amide bonds. The molecule has 0 saturated carbocycles. The SMILES string of the molecule is c1ccc(-c2cc(-n3c4ccccc4c4c5oc6ccccc6c5c5sc6ccccc6c5c43)nc(-c3ccccc3)n2)cc1. The van der Waals surface area contributed by atoms with Crippen molar-refractivity contribution in [3.8, 4) is 28.5 Å². The zero-order valence-corrected chi connectivity index (χ0v) is 24.8. The highest BCUT2D eigenvalue weighted by Crippen LogP contribution is 2.50. The van der Waals surface area contributed by atoms with Gasteiger partial charge in [0.2, 0.25) is 0 Å². The Morgan fingerprint density at radius 1 is 0.556 bits per heavy atom. The van der Waals surface area contributed by atoms with Crippen molar-refractivity contribution in [1.82, 2.24) is 14.5 Å². The molecule has 10 rings (SSSR count). The first-order valence-electron chi connectivity index (χ1n) is 15.0. The molecule has 45 heavy (non-hydrogen) atoms. The van der Waals surface area contributed by atoms with E-state index in [0.717, 1.165) is 61.0 Å². The maximum Gasteiger partial charge on any atom is 0.162 e. The van der Waals surface area contributed by atoms with Crippen LogP contribution in [0.15, 0.2) is 144 Å². The van der Waals surface area contributed by atoms with Crippen molar-refractivity contribution in [2.24, 2.45) is 0 Å². The van der Waals surface area contributed by atoms with E-state index < -0.39 is 0 Å². The molecule has 0 spiro atoms. The second kappa shape index (κ2) is 9.36.